The van der Waals surface area contributed by atoms with Crippen molar-refractivity contribution in [2.24, 2.45) is 5.73 Å². The quantitative estimate of drug-likeness (QED) is 0.698. The van der Waals surface area contributed by atoms with Gasteiger partial charge in [-0.15, -0.1) is 0 Å². The normalized spacial score (nSPS) is 16.5. The molecule has 70 valence electrons. The van der Waals surface area contributed by atoms with Crippen LogP contribution >= 0.6 is 0 Å². The fraction of sp³-hybridized carbons (Fsp3) is 0.400. The van der Waals surface area contributed by atoms with Gasteiger partial charge in [-0.1, -0.05) is 12.1 Å². The van der Waals surface area contributed by atoms with Gasteiger partial charge in [0.25, 0.3) is 0 Å². The summed E-state index contributed by atoms with van der Waals surface area (Å²) < 4.78 is 0. The van der Waals surface area contributed by atoms with Crippen molar-refractivity contribution in [2.45, 2.75) is 26.0 Å². The maximum atomic E-state index is 5.70. The zero-order valence-corrected chi connectivity index (χ0v) is 7.62. The highest BCUT2D eigenvalue weighted by atomic mass is 17.2. The Morgan fingerprint density at radius 2 is 2.38 bits per heavy atom. The highest BCUT2D eigenvalue weighted by Gasteiger charge is 2.13. The second kappa shape index (κ2) is 3.36. The molecule has 1 aromatic carbocycles. The molecule has 0 aromatic heterocycles. The van der Waals surface area contributed by atoms with Crippen LogP contribution in [0.4, 0.5) is 0 Å². The molecule has 2 rings (SSSR count). The van der Waals surface area contributed by atoms with Crippen LogP contribution in [0, 0.1) is 0 Å². The van der Waals surface area contributed by atoms with Crippen LogP contribution in [-0.4, -0.2) is 6.04 Å². The molecule has 1 aliphatic heterocycles. The number of nitrogens with two attached hydrogens (primary N) is 1. The summed E-state index contributed by atoms with van der Waals surface area (Å²) in [7, 11) is 0. The van der Waals surface area contributed by atoms with Crippen LogP contribution in [0.5, 0.6) is 5.75 Å². The minimum atomic E-state index is 0.181. The van der Waals surface area contributed by atoms with Crippen molar-refractivity contribution in [3.8, 4) is 5.75 Å². The van der Waals surface area contributed by atoms with E-state index in [2.05, 4.69) is 6.07 Å². The van der Waals surface area contributed by atoms with Gasteiger partial charge in [-0.05, 0) is 25.0 Å². The molecule has 13 heavy (non-hydrogen) atoms. The van der Waals surface area contributed by atoms with Crippen LogP contribution in [0.1, 0.15) is 18.1 Å². The second-order valence-electron chi connectivity index (χ2n) is 3.47. The first-order valence-electron chi connectivity index (χ1n) is 4.42. The Morgan fingerprint density at radius 1 is 1.54 bits per heavy atom. The van der Waals surface area contributed by atoms with E-state index < -0.39 is 0 Å². The zero-order chi connectivity index (χ0) is 9.26. The van der Waals surface area contributed by atoms with Crippen molar-refractivity contribution in [2.75, 3.05) is 0 Å². The molecule has 1 aromatic rings. The Morgan fingerprint density at radius 3 is 3.15 bits per heavy atom. The van der Waals surface area contributed by atoms with Crippen LogP contribution < -0.4 is 10.6 Å². The number of benzene rings is 1. The molecule has 0 amide bonds. The van der Waals surface area contributed by atoms with E-state index in [9.17, 15) is 0 Å². The lowest BCUT2D eigenvalue weighted by Gasteiger charge is -2.05. The van der Waals surface area contributed by atoms with Crippen LogP contribution in [0.2, 0.25) is 0 Å². The lowest BCUT2D eigenvalue weighted by atomic mass is 10.1. The van der Waals surface area contributed by atoms with E-state index in [1.807, 2.05) is 19.1 Å². The van der Waals surface area contributed by atoms with E-state index >= 15 is 0 Å². The molecular weight excluding hydrogens is 166 g/mol. The topological polar surface area (TPSA) is 44.5 Å². The Balaban J connectivity index is 2.21. The molecule has 0 saturated heterocycles. The van der Waals surface area contributed by atoms with Gasteiger partial charge in [0.15, 0.2) is 5.75 Å². The zero-order valence-electron chi connectivity index (χ0n) is 7.62. The Labute approximate surface area is 77.4 Å². The molecule has 0 radical (unpaired) electrons. The Bertz CT molecular complexity index is 310. The summed E-state index contributed by atoms with van der Waals surface area (Å²) in [4.78, 5) is 9.82. The van der Waals surface area contributed by atoms with Crippen molar-refractivity contribution < 1.29 is 9.78 Å². The van der Waals surface area contributed by atoms with E-state index in [1.165, 1.54) is 5.56 Å². The summed E-state index contributed by atoms with van der Waals surface area (Å²) >= 11 is 0. The predicted molar refractivity (Wildman–Crippen MR) is 49.2 cm³/mol. The molecule has 1 atom stereocenters. The van der Waals surface area contributed by atoms with Gasteiger partial charge in [0.1, 0.15) is 6.61 Å². The molecule has 0 spiro atoms. The summed E-state index contributed by atoms with van der Waals surface area (Å²) in [5.41, 5.74) is 8.00. The fourth-order valence-electron chi connectivity index (χ4n) is 1.45. The number of rotatable bonds is 2. The minimum absolute atomic E-state index is 0.181. The minimum Gasteiger partial charge on any atom is -0.337 e. The molecule has 3 heteroatoms. The van der Waals surface area contributed by atoms with Crippen molar-refractivity contribution in [3.05, 3.63) is 29.3 Å². The lowest BCUT2D eigenvalue weighted by molar-refractivity contribution is -0.194. The van der Waals surface area contributed by atoms with E-state index in [-0.39, 0.29) is 6.04 Å². The van der Waals surface area contributed by atoms with Gasteiger partial charge in [-0.3, -0.25) is 0 Å². The monoisotopic (exact) mass is 179 g/mol. The van der Waals surface area contributed by atoms with Gasteiger partial charge >= 0.3 is 0 Å². The maximum Gasteiger partial charge on any atom is 0.171 e. The fourth-order valence-corrected chi connectivity index (χ4v) is 1.45. The average Bonchev–Trinajstić information content (AvgIpc) is 2.49. The average molecular weight is 179 g/mol. The largest absolute Gasteiger partial charge is 0.337 e. The highest BCUT2D eigenvalue weighted by Crippen LogP contribution is 2.27. The van der Waals surface area contributed by atoms with E-state index in [0.717, 1.165) is 17.7 Å². The molecule has 1 heterocycles. The summed E-state index contributed by atoms with van der Waals surface area (Å²) in [6.07, 6.45) is 0.872. The number of fused-ring (bicyclic) bond motifs is 1. The van der Waals surface area contributed by atoms with E-state index in [4.69, 9.17) is 15.5 Å². The van der Waals surface area contributed by atoms with Gasteiger partial charge in [0.05, 0.1) is 0 Å². The third-order valence-corrected chi connectivity index (χ3v) is 2.05. The molecule has 0 aliphatic carbocycles. The Kier molecular flexibility index (Phi) is 2.20. The summed E-state index contributed by atoms with van der Waals surface area (Å²) in [6.45, 7) is 2.54. The molecule has 0 bridgehead atoms. The van der Waals surface area contributed by atoms with E-state index in [0.29, 0.717) is 6.61 Å². The van der Waals surface area contributed by atoms with Gasteiger partial charge in [0.2, 0.25) is 0 Å². The first kappa shape index (κ1) is 8.53. The van der Waals surface area contributed by atoms with Crippen LogP contribution in [0.25, 0.3) is 0 Å². The molecule has 1 aliphatic rings. The van der Waals surface area contributed by atoms with Crippen LogP contribution in [-0.2, 0) is 17.9 Å². The van der Waals surface area contributed by atoms with E-state index in [1.54, 1.807) is 0 Å². The first-order chi connectivity index (χ1) is 6.25. The molecule has 2 N–H and O–H groups in total. The standard InChI is InChI=1S/C10H13NO2/c1-7(11)4-8-2-3-9-6-12-13-10(9)5-8/h2-3,5,7H,4,6,11H2,1H3. The molecule has 0 fully saturated rings. The van der Waals surface area contributed by atoms with Crippen molar-refractivity contribution in [3.63, 3.8) is 0 Å². The van der Waals surface area contributed by atoms with Crippen molar-refractivity contribution >= 4 is 0 Å². The summed E-state index contributed by atoms with van der Waals surface area (Å²) in [6, 6.07) is 6.27. The summed E-state index contributed by atoms with van der Waals surface area (Å²) in [5.74, 6) is 0.832. The Hall–Kier alpha value is -1.06. The van der Waals surface area contributed by atoms with Gasteiger partial charge in [-0.2, -0.15) is 4.89 Å². The molecule has 1 unspecified atom stereocenters. The molecular formula is C10H13NO2. The molecule has 3 nitrogen and oxygen atoms in total. The van der Waals surface area contributed by atoms with Crippen LogP contribution in [0.15, 0.2) is 18.2 Å². The summed E-state index contributed by atoms with van der Waals surface area (Å²) in [5, 5.41) is 0. The van der Waals surface area contributed by atoms with Crippen LogP contribution in [0.3, 0.4) is 0 Å². The van der Waals surface area contributed by atoms with Crippen molar-refractivity contribution in [1.29, 1.82) is 0 Å². The molecule has 0 saturated carbocycles. The third-order valence-electron chi connectivity index (χ3n) is 2.05. The van der Waals surface area contributed by atoms with Gasteiger partial charge < -0.3 is 10.6 Å². The SMILES string of the molecule is CC(N)Cc1ccc2c(c1)OOC2. The first-order valence-corrected chi connectivity index (χ1v) is 4.42. The smallest absolute Gasteiger partial charge is 0.171 e. The van der Waals surface area contributed by atoms with Gasteiger partial charge in [0, 0.05) is 11.6 Å². The second-order valence-corrected chi connectivity index (χ2v) is 3.47. The van der Waals surface area contributed by atoms with Gasteiger partial charge in [-0.25, -0.2) is 0 Å². The maximum absolute atomic E-state index is 5.70. The number of hydrogen-bond acceptors (Lipinski definition) is 3. The predicted octanol–water partition coefficient (Wildman–Crippen LogP) is 1.40. The third kappa shape index (κ3) is 1.82. The lowest BCUT2D eigenvalue weighted by Crippen LogP contribution is -2.17. The number of hydrogen-bond donors (Lipinski definition) is 1. The van der Waals surface area contributed by atoms with Crippen molar-refractivity contribution in [1.82, 2.24) is 0 Å². The highest BCUT2D eigenvalue weighted by molar-refractivity contribution is 5.38.